The highest BCUT2D eigenvalue weighted by molar-refractivity contribution is 7.98. The number of thioether (sulfide) groups is 1. The van der Waals surface area contributed by atoms with Crippen molar-refractivity contribution in [3.05, 3.63) is 51.2 Å². The van der Waals surface area contributed by atoms with E-state index in [1.165, 1.54) is 6.92 Å². The summed E-state index contributed by atoms with van der Waals surface area (Å²) in [7, 11) is 1.09. The molecule has 0 unspecified atom stereocenters. The summed E-state index contributed by atoms with van der Waals surface area (Å²) >= 11 is 1.15. The molecule has 2 aromatic rings. The van der Waals surface area contributed by atoms with Crippen molar-refractivity contribution >= 4 is 11.8 Å². The van der Waals surface area contributed by atoms with E-state index < -0.39 is 52.7 Å². The van der Waals surface area contributed by atoms with Gasteiger partial charge >= 0.3 is 6.18 Å². The largest absolute Gasteiger partial charge is 0.493 e. The lowest BCUT2D eigenvalue weighted by molar-refractivity contribution is -0.275. The van der Waals surface area contributed by atoms with Gasteiger partial charge in [0.2, 0.25) is 5.82 Å². The molecular formula is C20H21F5N2O3S. The molecule has 1 aromatic carbocycles. The molecule has 0 spiro atoms. The molecule has 1 aliphatic rings. The first kappa shape index (κ1) is 23.5. The van der Waals surface area contributed by atoms with E-state index in [1.54, 1.807) is 13.2 Å². The summed E-state index contributed by atoms with van der Waals surface area (Å²) in [5.41, 5.74) is -2.86. The number of aryl methyl sites for hydroxylation is 1. The van der Waals surface area contributed by atoms with E-state index in [0.717, 1.165) is 37.9 Å². The fourth-order valence-corrected chi connectivity index (χ4v) is 4.60. The summed E-state index contributed by atoms with van der Waals surface area (Å²) in [4.78, 5) is 19.5. The number of methoxy groups -OCH3 is 1. The predicted molar refractivity (Wildman–Crippen MR) is 104 cm³/mol. The van der Waals surface area contributed by atoms with Gasteiger partial charge in [-0.15, -0.1) is 11.8 Å². The van der Waals surface area contributed by atoms with Crippen molar-refractivity contribution in [3.8, 4) is 5.75 Å². The molecule has 1 N–H and O–H groups in total. The molecule has 1 saturated heterocycles. The Morgan fingerprint density at radius 1 is 1.29 bits per heavy atom. The van der Waals surface area contributed by atoms with Gasteiger partial charge < -0.3 is 14.5 Å². The van der Waals surface area contributed by atoms with Crippen LogP contribution < -0.4 is 10.3 Å². The first-order chi connectivity index (χ1) is 14.4. The smallest absolute Gasteiger partial charge is 0.417 e. The molecule has 1 aromatic heterocycles. The standard InChI is InChI=1S/C20H21F5N2O3S/c1-8-12(10-6-7-11(21)13(22)14(10)29-4)15(30-19(8,3)20(23,24)25)17-26-9(2)16(31-5)18(28)27-17/h6-8,12,15H,1-5H3,(H,26,27,28)/t8-,12-,15+,19+/m0/s1. The molecule has 0 amide bonds. The highest BCUT2D eigenvalue weighted by atomic mass is 32.2. The van der Waals surface area contributed by atoms with Crippen LogP contribution in [0.2, 0.25) is 0 Å². The van der Waals surface area contributed by atoms with Crippen molar-refractivity contribution in [2.24, 2.45) is 5.92 Å². The van der Waals surface area contributed by atoms with E-state index >= 15 is 0 Å². The zero-order valence-corrected chi connectivity index (χ0v) is 18.2. The average molecular weight is 464 g/mol. The van der Waals surface area contributed by atoms with Gasteiger partial charge in [0.25, 0.3) is 5.56 Å². The highest BCUT2D eigenvalue weighted by Gasteiger charge is 2.65. The van der Waals surface area contributed by atoms with Gasteiger partial charge in [0.15, 0.2) is 17.2 Å². The third kappa shape index (κ3) is 3.71. The minimum Gasteiger partial charge on any atom is -0.493 e. The first-order valence-electron chi connectivity index (χ1n) is 9.28. The van der Waals surface area contributed by atoms with E-state index in [0.29, 0.717) is 10.6 Å². The molecule has 0 aliphatic carbocycles. The number of ether oxygens (including phenoxy) is 2. The topological polar surface area (TPSA) is 64.2 Å². The molecule has 170 valence electrons. The molecule has 3 rings (SSSR count). The molecule has 1 fully saturated rings. The zero-order valence-electron chi connectivity index (χ0n) is 17.4. The van der Waals surface area contributed by atoms with Crippen LogP contribution in [0.3, 0.4) is 0 Å². The summed E-state index contributed by atoms with van der Waals surface area (Å²) in [6.45, 7) is 3.75. The Morgan fingerprint density at radius 2 is 1.94 bits per heavy atom. The van der Waals surface area contributed by atoms with Gasteiger partial charge in [-0.25, -0.2) is 9.37 Å². The van der Waals surface area contributed by atoms with E-state index in [-0.39, 0.29) is 11.4 Å². The summed E-state index contributed by atoms with van der Waals surface area (Å²) in [6, 6.07) is 1.98. The van der Waals surface area contributed by atoms with Crippen molar-refractivity contribution in [2.45, 2.75) is 49.5 Å². The Morgan fingerprint density at radius 3 is 2.45 bits per heavy atom. The van der Waals surface area contributed by atoms with E-state index in [2.05, 4.69) is 9.97 Å². The number of aromatic amines is 1. The van der Waals surface area contributed by atoms with Crippen LogP contribution in [-0.4, -0.2) is 35.1 Å². The van der Waals surface area contributed by atoms with Crippen LogP contribution in [0.15, 0.2) is 21.8 Å². The van der Waals surface area contributed by atoms with Crippen molar-refractivity contribution in [2.75, 3.05) is 13.4 Å². The maximum atomic E-state index is 14.4. The van der Waals surface area contributed by atoms with Crippen LogP contribution in [0.25, 0.3) is 0 Å². The fraction of sp³-hybridized carbons (Fsp3) is 0.500. The van der Waals surface area contributed by atoms with Gasteiger partial charge in [-0.1, -0.05) is 13.0 Å². The van der Waals surface area contributed by atoms with Gasteiger partial charge in [0, 0.05) is 17.4 Å². The molecule has 11 heteroatoms. The Bertz CT molecular complexity index is 1060. The van der Waals surface area contributed by atoms with Crippen LogP contribution in [0.5, 0.6) is 5.75 Å². The van der Waals surface area contributed by atoms with Gasteiger partial charge in [-0.2, -0.15) is 17.6 Å². The molecule has 4 atom stereocenters. The third-order valence-electron chi connectivity index (χ3n) is 5.85. The van der Waals surface area contributed by atoms with Gasteiger partial charge in [-0.05, 0) is 26.2 Å². The Hall–Kier alpha value is -2.14. The maximum absolute atomic E-state index is 14.4. The number of hydrogen-bond donors (Lipinski definition) is 1. The van der Waals surface area contributed by atoms with Crippen molar-refractivity contribution < 1.29 is 31.4 Å². The number of benzene rings is 1. The molecule has 5 nitrogen and oxygen atoms in total. The number of nitrogens with one attached hydrogen (secondary N) is 1. The third-order valence-corrected chi connectivity index (χ3v) is 6.74. The Labute approximate surface area is 179 Å². The molecule has 2 heterocycles. The predicted octanol–water partition coefficient (Wildman–Crippen LogP) is 4.90. The number of aromatic nitrogens is 2. The van der Waals surface area contributed by atoms with Crippen molar-refractivity contribution in [1.29, 1.82) is 0 Å². The first-order valence-corrected chi connectivity index (χ1v) is 10.5. The lowest BCUT2D eigenvalue weighted by Crippen LogP contribution is -2.46. The van der Waals surface area contributed by atoms with Crippen LogP contribution in [0.1, 0.15) is 43.0 Å². The van der Waals surface area contributed by atoms with E-state index in [4.69, 9.17) is 9.47 Å². The quantitative estimate of drug-likeness (QED) is 0.515. The second kappa shape index (κ2) is 8.09. The number of rotatable bonds is 4. The number of halogens is 5. The summed E-state index contributed by atoms with van der Waals surface area (Å²) in [5.74, 6) is -5.55. The lowest BCUT2D eigenvalue weighted by atomic mass is 9.77. The second-order valence-electron chi connectivity index (χ2n) is 7.51. The van der Waals surface area contributed by atoms with Gasteiger partial charge in [-0.3, -0.25) is 4.79 Å². The Balaban J connectivity index is 2.26. The monoisotopic (exact) mass is 464 g/mol. The highest BCUT2D eigenvalue weighted by Crippen LogP contribution is 2.59. The molecule has 0 radical (unpaired) electrons. The molecule has 0 bridgehead atoms. The SMILES string of the molecule is COc1c([C@H]2[C@H](c3nc(C)c(SC)c(=O)[nH]3)O[C@@](C)(C(F)(F)F)[C@H]2C)ccc(F)c1F. The fourth-order valence-electron chi connectivity index (χ4n) is 4.02. The molecule has 1 aliphatic heterocycles. The minimum absolute atomic E-state index is 0.0129. The summed E-state index contributed by atoms with van der Waals surface area (Å²) in [6.07, 6.45) is -4.49. The van der Waals surface area contributed by atoms with Crippen LogP contribution >= 0.6 is 11.8 Å². The number of alkyl halides is 3. The average Bonchev–Trinajstić information content (AvgIpc) is 2.96. The van der Waals surface area contributed by atoms with Gasteiger partial charge in [0.1, 0.15) is 11.9 Å². The number of H-pyrrole nitrogens is 1. The van der Waals surface area contributed by atoms with E-state index in [9.17, 15) is 26.7 Å². The Kier molecular flexibility index (Phi) is 6.13. The maximum Gasteiger partial charge on any atom is 0.417 e. The normalized spacial score (nSPS) is 26.3. The van der Waals surface area contributed by atoms with Gasteiger partial charge in [0.05, 0.1) is 17.7 Å². The number of nitrogens with zero attached hydrogens (tertiary/aromatic N) is 1. The number of hydrogen-bond acceptors (Lipinski definition) is 5. The second-order valence-corrected chi connectivity index (χ2v) is 8.33. The van der Waals surface area contributed by atoms with Crippen LogP contribution in [0.4, 0.5) is 22.0 Å². The van der Waals surface area contributed by atoms with E-state index in [1.807, 2.05) is 0 Å². The van der Waals surface area contributed by atoms with Crippen LogP contribution in [0, 0.1) is 24.5 Å². The minimum atomic E-state index is -4.78. The van der Waals surface area contributed by atoms with Crippen LogP contribution in [-0.2, 0) is 4.74 Å². The molecule has 31 heavy (non-hydrogen) atoms. The molecule has 0 saturated carbocycles. The lowest BCUT2D eigenvalue weighted by Gasteiger charge is -2.32. The van der Waals surface area contributed by atoms with Crippen molar-refractivity contribution in [1.82, 2.24) is 9.97 Å². The summed E-state index contributed by atoms with van der Waals surface area (Å²) in [5, 5.41) is 0. The summed E-state index contributed by atoms with van der Waals surface area (Å²) < 4.78 is 80.6. The van der Waals surface area contributed by atoms with Crippen molar-refractivity contribution in [3.63, 3.8) is 0 Å². The zero-order chi connectivity index (χ0) is 23.3. The molecular weight excluding hydrogens is 443 g/mol.